The molecule has 0 aliphatic heterocycles. The Balaban J connectivity index is 2.21. The molecule has 0 N–H and O–H groups in total. The number of benzene rings is 2. The fraction of sp³-hybridized carbons (Fsp3) is 0.263. The van der Waals surface area contributed by atoms with Crippen molar-refractivity contribution < 1.29 is 14.3 Å². The smallest absolute Gasteiger partial charge is 0.325 e. The van der Waals surface area contributed by atoms with Crippen LogP contribution in [0.4, 0.5) is 0 Å². The number of esters is 2. The molecule has 2 aromatic carbocycles. The Labute approximate surface area is 141 Å². The third-order valence-electron chi connectivity index (χ3n) is 3.55. The summed E-state index contributed by atoms with van der Waals surface area (Å²) in [5.41, 5.74) is 1.57. The summed E-state index contributed by atoms with van der Waals surface area (Å²) in [4.78, 5) is 24.4. The van der Waals surface area contributed by atoms with Crippen molar-refractivity contribution in [1.82, 2.24) is 0 Å². The lowest BCUT2D eigenvalue weighted by Gasteiger charge is -2.16. The molecular weight excluding hydrogens is 312 g/mol. The quantitative estimate of drug-likeness (QED) is 0.450. The lowest BCUT2D eigenvalue weighted by molar-refractivity contribution is -0.160. The van der Waals surface area contributed by atoms with E-state index < -0.39 is 17.9 Å². The average Bonchev–Trinajstić information content (AvgIpc) is 2.56. The van der Waals surface area contributed by atoms with E-state index in [0.29, 0.717) is 6.42 Å². The molecule has 23 heavy (non-hydrogen) atoms. The second-order valence-electron chi connectivity index (χ2n) is 5.26. The van der Waals surface area contributed by atoms with Gasteiger partial charge in [0.05, 0.1) is 6.42 Å². The molecule has 0 fully saturated rings. The van der Waals surface area contributed by atoms with Crippen molar-refractivity contribution in [2.75, 3.05) is 0 Å². The van der Waals surface area contributed by atoms with Crippen LogP contribution in [-0.2, 0) is 14.3 Å². The zero-order valence-corrected chi connectivity index (χ0v) is 13.7. The van der Waals surface area contributed by atoms with Crippen LogP contribution in [0.15, 0.2) is 60.7 Å². The van der Waals surface area contributed by atoms with Gasteiger partial charge in [0.2, 0.25) is 0 Å². The summed E-state index contributed by atoms with van der Waals surface area (Å²) < 4.78 is 5.03. The number of carbonyl (C=O) groups is 2. The molecule has 0 radical (unpaired) electrons. The van der Waals surface area contributed by atoms with E-state index in [1.165, 1.54) is 0 Å². The summed E-state index contributed by atoms with van der Waals surface area (Å²) in [5.74, 6) is -1.79. The Morgan fingerprint density at radius 1 is 0.957 bits per heavy atom. The van der Waals surface area contributed by atoms with Crippen LogP contribution in [0.25, 0.3) is 0 Å². The Bertz CT molecular complexity index is 601. The van der Waals surface area contributed by atoms with Gasteiger partial charge in [-0.1, -0.05) is 67.6 Å². The minimum Gasteiger partial charge on any atom is -0.392 e. The standard InChI is InChI=1S/C19H19ClO3/c1-2-16(20)13-17(21)23-19(22)18(14-9-5-3-6-10-14)15-11-7-4-8-12-15/h3-12,16,18H,2,13H2,1H3. The maximum atomic E-state index is 12.5. The van der Waals surface area contributed by atoms with E-state index in [2.05, 4.69) is 0 Å². The fourth-order valence-electron chi connectivity index (χ4n) is 2.29. The highest BCUT2D eigenvalue weighted by molar-refractivity contribution is 6.21. The normalized spacial score (nSPS) is 12.0. The summed E-state index contributed by atoms with van der Waals surface area (Å²) in [6.45, 7) is 1.88. The molecular formula is C19H19ClO3. The zero-order chi connectivity index (χ0) is 16.7. The maximum Gasteiger partial charge on any atom is 0.325 e. The molecule has 0 heterocycles. The summed E-state index contributed by atoms with van der Waals surface area (Å²) in [5, 5.41) is -0.317. The molecule has 4 heteroatoms. The predicted octanol–water partition coefficient (Wildman–Crippen LogP) is 4.30. The fourth-order valence-corrected chi connectivity index (χ4v) is 2.42. The van der Waals surface area contributed by atoms with Gasteiger partial charge in [-0.15, -0.1) is 11.6 Å². The van der Waals surface area contributed by atoms with Gasteiger partial charge in [-0.05, 0) is 17.5 Å². The van der Waals surface area contributed by atoms with Gasteiger partial charge in [0, 0.05) is 5.38 Å². The molecule has 1 atom stereocenters. The van der Waals surface area contributed by atoms with Crippen LogP contribution in [0.5, 0.6) is 0 Å². The highest BCUT2D eigenvalue weighted by Crippen LogP contribution is 2.26. The van der Waals surface area contributed by atoms with Crippen molar-refractivity contribution in [2.45, 2.75) is 31.1 Å². The van der Waals surface area contributed by atoms with Gasteiger partial charge < -0.3 is 4.74 Å². The number of alkyl halides is 1. The molecule has 120 valence electrons. The largest absolute Gasteiger partial charge is 0.392 e. The number of ether oxygens (including phenoxy) is 1. The molecule has 2 aromatic rings. The van der Waals surface area contributed by atoms with Gasteiger partial charge >= 0.3 is 11.9 Å². The second kappa shape index (κ2) is 8.49. The van der Waals surface area contributed by atoms with Crippen LogP contribution in [0.3, 0.4) is 0 Å². The van der Waals surface area contributed by atoms with Gasteiger partial charge in [-0.2, -0.15) is 0 Å². The van der Waals surface area contributed by atoms with Crippen molar-refractivity contribution in [2.24, 2.45) is 0 Å². The van der Waals surface area contributed by atoms with Crippen LogP contribution in [0.2, 0.25) is 0 Å². The first kappa shape index (κ1) is 17.2. The highest BCUT2D eigenvalue weighted by atomic mass is 35.5. The maximum absolute atomic E-state index is 12.5. The van der Waals surface area contributed by atoms with Crippen LogP contribution in [-0.4, -0.2) is 17.3 Å². The molecule has 3 nitrogen and oxygen atoms in total. The van der Waals surface area contributed by atoms with Crippen molar-refractivity contribution in [3.8, 4) is 0 Å². The second-order valence-corrected chi connectivity index (χ2v) is 5.87. The molecule has 0 bridgehead atoms. The van der Waals surface area contributed by atoms with Crippen molar-refractivity contribution in [1.29, 1.82) is 0 Å². The van der Waals surface area contributed by atoms with E-state index in [1.807, 2.05) is 67.6 Å². The van der Waals surface area contributed by atoms with Crippen molar-refractivity contribution in [3.05, 3.63) is 71.8 Å². The Hall–Kier alpha value is -2.13. The Morgan fingerprint density at radius 2 is 1.43 bits per heavy atom. The van der Waals surface area contributed by atoms with E-state index >= 15 is 0 Å². The van der Waals surface area contributed by atoms with Gasteiger partial charge in [-0.25, -0.2) is 0 Å². The SMILES string of the molecule is CCC(Cl)CC(=O)OC(=O)C(c1ccccc1)c1ccccc1. The van der Waals surface area contributed by atoms with Crippen LogP contribution in [0.1, 0.15) is 36.8 Å². The number of rotatable bonds is 6. The molecule has 0 spiro atoms. The summed E-state index contributed by atoms with van der Waals surface area (Å²) in [7, 11) is 0. The molecule has 2 rings (SSSR count). The summed E-state index contributed by atoms with van der Waals surface area (Å²) in [6, 6.07) is 18.6. The number of hydrogen-bond acceptors (Lipinski definition) is 3. The van der Waals surface area contributed by atoms with E-state index in [1.54, 1.807) is 0 Å². The first-order valence-corrected chi connectivity index (χ1v) is 8.04. The Morgan fingerprint density at radius 3 is 1.87 bits per heavy atom. The van der Waals surface area contributed by atoms with Crippen LogP contribution in [0, 0.1) is 0 Å². The highest BCUT2D eigenvalue weighted by Gasteiger charge is 2.26. The Kier molecular flexibility index (Phi) is 6.36. The van der Waals surface area contributed by atoms with Gasteiger partial charge in [-0.3, -0.25) is 9.59 Å². The lowest BCUT2D eigenvalue weighted by atomic mass is 9.91. The van der Waals surface area contributed by atoms with E-state index in [0.717, 1.165) is 11.1 Å². The van der Waals surface area contributed by atoms with Crippen LogP contribution < -0.4 is 0 Å². The van der Waals surface area contributed by atoms with Crippen molar-refractivity contribution in [3.63, 3.8) is 0 Å². The molecule has 0 amide bonds. The van der Waals surface area contributed by atoms with Gasteiger partial charge in [0.1, 0.15) is 5.92 Å². The first-order chi connectivity index (χ1) is 11.1. The van der Waals surface area contributed by atoms with Gasteiger partial charge in [0.15, 0.2) is 0 Å². The monoisotopic (exact) mass is 330 g/mol. The molecule has 0 aliphatic rings. The molecule has 0 aliphatic carbocycles. The predicted molar refractivity (Wildman–Crippen MR) is 90.4 cm³/mol. The summed E-state index contributed by atoms with van der Waals surface area (Å²) >= 11 is 5.95. The number of hydrogen-bond donors (Lipinski definition) is 0. The lowest BCUT2D eigenvalue weighted by Crippen LogP contribution is -2.22. The minimum absolute atomic E-state index is 0.0279. The number of halogens is 1. The van der Waals surface area contributed by atoms with E-state index in [9.17, 15) is 9.59 Å². The molecule has 1 unspecified atom stereocenters. The molecule has 0 aromatic heterocycles. The molecule has 0 saturated carbocycles. The average molecular weight is 331 g/mol. The third kappa shape index (κ3) is 4.93. The topological polar surface area (TPSA) is 43.4 Å². The van der Waals surface area contributed by atoms with E-state index in [4.69, 9.17) is 16.3 Å². The first-order valence-electron chi connectivity index (χ1n) is 7.60. The number of carbonyl (C=O) groups excluding carboxylic acids is 2. The van der Waals surface area contributed by atoms with E-state index in [-0.39, 0.29) is 11.8 Å². The van der Waals surface area contributed by atoms with Crippen molar-refractivity contribution >= 4 is 23.5 Å². The zero-order valence-electron chi connectivity index (χ0n) is 12.9. The minimum atomic E-state index is -0.628. The van der Waals surface area contributed by atoms with Crippen LogP contribution >= 0.6 is 11.6 Å². The van der Waals surface area contributed by atoms with Gasteiger partial charge in [0.25, 0.3) is 0 Å². The summed E-state index contributed by atoms with van der Waals surface area (Å²) in [6.07, 6.45) is 0.672. The molecule has 0 saturated heterocycles. The third-order valence-corrected chi connectivity index (χ3v) is 4.01.